The van der Waals surface area contributed by atoms with Gasteiger partial charge in [-0.3, -0.25) is 4.40 Å². The monoisotopic (exact) mass is 1240 g/mol. The summed E-state index contributed by atoms with van der Waals surface area (Å²) in [6.07, 6.45) is 19.5. The summed E-state index contributed by atoms with van der Waals surface area (Å²) in [5, 5.41) is 22.2. The second kappa shape index (κ2) is 21.1. The molecule has 4 aliphatic carbocycles. The standard InChI is InChI=1S/C91H60N4O2/c92-80(58-45-43-57(44-46-58)63-26-18-34-79-88(63)97-86-38-16-12-32-77(86)91(79)74-29-9-5-22-66(74)67-23-6-10-30-75(67)91)51-52-81(93)68-24-2-1-19-61(68)60-48-50-70-71(53-60)69-49-47-59(54-84(69)95-83-36-14-13-35-82(83)94-89(70)95)55-39-41-56(42-40-55)62-25-17-33-78-87(62)96-85-37-15-11-31-76(85)90(78)72-27-7-3-20-64(72)65-21-4-8-28-73(65)90/h1-9,11-29,31-54,66,74,92-93H,10,30H2/b52-51-,92-80?,93-81?. The second-order valence-corrected chi connectivity index (χ2v) is 26.5. The highest BCUT2D eigenvalue weighted by Crippen LogP contribution is 2.67. The lowest BCUT2D eigenvalue weighted by molar-refractivity contribution is 0.355. The van der Waals surface area contributed by atoms with Crippen molar-refractivity contribution in [3.05, 3.63) is 371 Å². The van der Waals surface area contributed by atoms with E-state index < -0.39 is 5.41 Å². The zero-order valence-electron chi connectivity index (χ0n) is 52.8. The Morgan fingerprint density at radius 2 is 1.01 bits per heavy atom. The molecule has 20 rings (SSSR count). The Morgan fingerprint density at radius 1 is 0.443 bits per heavy atom. The molecule has 3 unspecified atom stereocenters. The molecule has 4 heterocycles. The Balaban J connectivity index is 0.615. The third-order valence-electron chi connectivity index (χ3n) is 21.8. The lowest BCUT2D eigenvalue weighted by Gasteiger charge is -2.45. The van der Waals surface area contributed by atoms with Crippen LogP contribution in [0.5, 0.6) is 23.0 Å². The minimum atomic E-state index is -0.540. The second-order valence-electron chi connectivity index (χ2n) is 26.5. The van der Waals surface area contributed by atoms with Crippen molar-refractivity contribution < 1.29 is 9.47 Å². The topological polar surface area (TPSA) is 83.5 Å². The maximum Gasteiger partial charge on any atom is 0.146 e. The van der Waals surface area contributed by atoms with E-state index >= 15 is 0 Å². The Bertz CT molecular complexity index is 5910. The van der Waals surface area contributed by atoms with Crippen molar-refractivity contribution in [2.24, 2.45) is 11.8 Å². The quantitative estimate of drug-likeness (QED) is 0.117. The summed E-state index contributed by atoms with van der Waals surface area (Å²) in [7, 11) is 0. The van der Waals surface area contributed by atoms with Gasteiger partial charge in [0.1, 0.15) is 28.6 Å². The number of allylic oxidation sites excluding steroid dienone is 10. The predicted octanol–water partition coefficient (Wildman–Crippen LogP) is 22.3. The van der Waals surface area contributed by atoms with Gasteiger partial charge in [0.05, 0.1) is 38.8 Å². The van der Waals surface area contributed by atoms with E-state index in [2.05, 4.69) is 277 Å². The number of aromatic nitrogens is 2. The van der Waals surface area contributed by atoms with Crippen molar-refractivity contribution in [3.8, 4) is 78.6 Å². The highest BCUT2D eigenvalue weighted by atomic mass is 16.5. The Hall–Kier alpha value is -12.3. The van der Waals surface area contributed by atoms with Crippen LogP contribution in [0.15, 0.2) is 327 Å². The molecule has 0 amide bonds. The van der Waals surface area contributed by atoms with Crippen LogP contribution in [0.2, 0.25) is 0 Å². The first-order valence-corrected chi connectivity index (χ1v) is 33.6. The summed E-state index contributed by atoms with van der Waals surface area (Å²) in [5.74, 6) is 4.09. The molecule has 14 aromatic rings. The Kier molecular flexibility index (Phi) is 12.0. The zero-order valence-corrected chi connectivity index (χ0v) is 52.8. The number of nitrogens with zero attached hydrogens (tertiary/aromatic N) is 2. The molecule has 2 spiro atoms. The van der Waals surface area contributed by atoms with Crippen LogP contribution >= 0.6 is 0 Å². The number of hydrogen-bond donors (Lipinski definition) is 2. The lowest BCUT2D eigenvalue weighted by atomic mass is 9.60. The summed E-state index contributed by atoms with van der Waals surface area (Å²) in [4.78, 5) is 5.31. The molecule has 97 heavy (non-hydrogen) atoms. The van der Waals surface area contributed by atoms with E-state index in [-0.39, 0.29) is 11.3 Å². The number of ether oxygens (including phenoxy) is 2. The van der Waals surface area contributed by atoms with Gasteiger partial charge in [0.15, 0.2) is 0 Å². The minimum Gasteiger partial charge on any atom is -0.456 e. The highest BCUT2D eigenvalue weighted by molar-refractivity contribution is 6.18. The minimum absolute atomic E-state index is 0.232. The molecule has 456 valence electrons. The average Bonchev–Trinajstić information content (AvgIpc) is 1.44. The van der Waals surface area contributed by atoms with Crippen LogP contribution in [0, 0.1) is 22.7 Å². The fourth-order valence-electron chi connectivity index (χ4n) is 17.7. The van der Waals surface area contributed by atoms with E-state index in [0.29, 0.717) is 17.3 Å². The summed E-state index contributed by atoms with van der Waals surface area (Å²) in [5.41, 5.74) is 26.3. The normalized spacial score (nSPS) is 17.8. The first-order chi connectivity index (χ1) is 47.9. The molecule has 2 aliphatic heterocycles. The molecular formula is C91H60N4O2. The summed E-state index contributed by atoms with van der Waals surface area (Å²) in [6, 6.07) is 95.4. The first kappa shape index (κ1) is 55.2. The van der Waals surface area contributed by atoms with Crippen molar-refractivity contribution in [3.63, 3.8) is 0 Å². The molecule has 6 heteroatoms. The van der Waals surface area contributed by atoms with E-state index in [1.807, 2.05) is 30.3 Å². The lowest BCUT2D eigenvalue weighted by Crippen LogP contribution is -2.39. The van der Waals surface area contributed by atoms with Crippen LogP contribution in [0.3, 0.4) is 0 Å². The van der Waals surface area contributed by atoms with E-state index in [9.17, 15) is 10.8 Å². The van der Waals surface area contributed by atoms with Crippen molar-refractivity contribution in [1.29, 1.82) is 10.8 Å². The molecule has 0 saturated carbocycles. The largest absolute Gasteiger partial charge is 0.456 e. The average molecular weight is 1240 g/mol. The molecule has 3 atom stereocenters. The van der Waals surface area contributed by atoms with Gasteiger partial charge >= 0.3 is 0 Å². The van der Waals surface area contributed by atoms with Gasteiger partial charge in [0.25, 0.3) is 0 Å². The molecule has 2 N–H and O–H groups in total. The smallest absolute Gasteiger partial charge is 0.146 e. The van der Waals surface area contributed by atoms with Crippen LogP contribution in [0.25, 0.3) is 94.0 Å². The van der Waals surface area contributed by atoms with Crippen molar-refractivity contribution in [2.45, 2.75) is 23.7 Å². The number of nitrogens with one attached hydrogen (secondary N) is 2. The summed E-state index contributed by atoms with van der Waals surface area (Å²) >= 11 is 0. The SMILES string of the molecule is N=C(/C=C\C(=N)c1ccccc1-c1ccc2c(c1)c1ccc(-c3ccc(-c4cccc5c4Oc4ccccc4C54c5ccccc5-c5ccccc54)cc3)cc1n1c3ccccc3nc21)c1ccc(-c2cccc3c2Oc2ccccc2C32C3=C(C=CCC3)C3C=CC=CC32)cc1. The van der Waals surface area contributed by atoms with Gasteiger partial charge in [-0.15, -0.1) is 0 Å². The first-order valence-electron chi connectivity index (χ1n) is 33.6. The fraction of sp³-hybridized carbons (Fsp3) is 0.0659. The number of pyridine rings is 1. The molecule has 0 saturated heterocycles. The molecule has 0 radical (unpaired) electrons. The summed E-state index contributed by atoms with van der Waals surface area (Å²) in [6.45, 7) is 0. The number of hydrogen-bond acceptors (Lipinski definition) is 5. The van der Waals surface area contributed by atoms with Gasteiger partial charge < -0.3 is 20.3 Å². The molecule has 6 aliphatic rings. The number of benzene rings is 12. The number of fused-ring (bicyclic) bond motifs is 25. The predicted molar refractivity (Wildman–Crippen MR) is 394 cm³/mol. The van der Waals surface area contributed by atoms with Gasteiger partial charge in [-0.2, -0.15) is 0 Å². The van der Waals surface area contributed by atoms with Gasteiger partial charge in [0, 0.05) is 61.6 Å². The third kappa shape index (κ3) is 7.87. The van der Waals surface area contributed by atoms with Crippen LogP contribution in [-0.2, 0) is 10.8 Å². The molecule has 12 aromatic carbocycles. The van der Waals surface area contributed by atoms with E-state index in [4.69, 9.17) is 14.5 Å². The number of rotatable bonds is 8. The van der Waals surface area contributed by atoms with Gasteiger partial charge in [-0.05, 0) is 140 Å². The number of para-hydroxylation sites is 6. The maximum atomic E-state index is 9.59. The van der Waals surface area contributed by atoms with Gasteiger partial charge in [-0.25, -0.2) is 4.98 Å². The third-order valence-corrected chi connectivity index (χ3v) is 21.8. The van der Waals surface area contributed by atoms with Gasteiger partial charge in [0.2, 0.25) is 0 Å². The van der Waals surface area contributed by atoms with Crippen LogP contribution in [0.1, 0.15) is 57.3 Å². The van der Waals surface area contributed by atoms with E-state index in [0.717, 1.165) is 141 Å². The van der Waals surface area contributed by atoms with Crippen molar-refractivity contribution >= 4 is 49.8 Å². The van der Waals surface area contributed by atoms with Crippen LogP contribution in [-0.4, -0.2) is 20.8 Å². The zero-order chi connectivity index (χ0) is 64.1. The van der Waals surface area contributed by atoms with E-state index in [1.54, 1.807) is 12.2 Å². The van der Waals surface area contributed by atoms with Crippen molar-refractivity contribution in [1.82, 2.24) is 9.38 Å². The Morgan fingerprint density at radius 3 is 1.78 bits per heavy atom. The summed E-state index contributed by atoms with van der Waals surface area (Å²) < 4.78 is 16.4. The van der Waals surface area contributed by atoms with Gasteiger partial charge in [-0.1, -0.05) is 266 Å². The highest BCUT2D eigenvalue weighted by Gasteiger charge is 2.58. The van der Waals surface area contributed by atoms with E-state index in [1.165, 1.54) is 44.5 Å². The van der Waals surface area contributed by atoms with Crippen molar-refractivity contribution in [2.75, 3.05) is 0 Å². The molecular weight excluding hydrogens is 1180 g/mol. The maximum absolute atomic E-state index is 9.59. The fourth-order valence-corrected chi connectivity index (χ4v) is 17.7. The van der Waals surface area contributed by atoms with Crippen LogP contribution in [0.4, 0.5) is 0 Å². The Labute approximate surface area is 561 Å². The molecule has 6 nitrogen and oxygen atoms in total. The molecule has 0 fully saturated rings. The number of imidazole rings is 1. The van der Waals surface area contributed by atoms with Crippen LogP contribution < -0.4 is 9.47 Å². The molecule has 0 bridgehead atoms. The molecule has 2 aromatic heterocycles.